The van der Waals surface area contributed by atoms with Crippen molar-refractivity contribution in [2.24, 2.45) is 0 Å². The van der Waals surface area contributed by atoms with Gasteiger partial charge in [-0.15, -0.1) is 11.8 Å². The molecular weight excluding hydrogens is 412 g/mol. The lowest BCUT2D eigenvalue weighted by atomic mass is 10.00. The van der Waals surface area contributed by atoms with Crippen LogP contribution in [0, 0.1) is 11.6 Å². The standard InChI is InChI=1S/C21H27F2N3O3S/c1-2-3-7-19(27)26-13-30-12-18(26)21(29)25-8-5-4-6-17(25)20(28)24-16-10-14(22)9-15(23)11-16/h9-11,17-18H,2-8,12-13H2,1H3,(H,24,28). The van der Waals surface area contributed by atoms with Crippen LogP contribution in [0.5, 0.6) is 0 Å². The molecule has 0 aliphatic carbocycles. The lowest BCUT2D eigenvalue weighted by Crippen LogP contribution is -2.56. The van der Waals surface area contributed by atoms with Crippen molar-refractivity contribution in [1.29, 1.82) is 0 Å². The maximum absolute atomic E-state index is 13.4. The molecule has 3 rings (SSSR count). The number of carbonyl (C=O) groups excluding carboxylic acids is 3. The molecule has 1 N–H and O–H groups in total. The molecular formula is C21H27F2N3O3S. The number of benzene rings is 1. The number of nitrogens with one attached hydrogen (secondary N) is 1. The highest BCUT2D eigenvalue weighted by molar-refractivity contribution is 7.99. The van der Waals surface area contributed by atoms with E-state index in [1.807, 2.05) is 6.92 Å². The molecule has 164 valence electrons. The van der Waals surface area contributed by atoms with Gasteiger partial charge in [-0.3, -0.25) is 14.4 Å². The zero-order chi connectivity index (χ0) is 21.7. The summed E-state index contributed by atoms with van der Waals surface area (Å²) < 4.78 is 26.9. The molecule has 2 heterocycles. The Bertz CT molecular complexity index is 787. The van der Waals surface area contributed by atoms with E-state index >= 15 is 0 Å². The van der Waals surface area contributed by atoms with Crippen LogP contribution in [-0.4, -0.2) is 57.8 Å². The number of hydrogen-bond acceptors (Lipinski definition) is 4. The number of thioether (sulfide) groups is 1. The van der Waals surface area contributed by atoms with Gasteiger partial charge in [0.25, 0.3) is 0 Å². The second kappa shape index (κ2) is 10.2. The molecule has 6 nitrogen and oxygen atoms in total. The van der Waals surface area contributed by atoms with E-state index < -0.39 is 29.6 Å². The summed E-state index contributed by atoms with van der Waals surface area (Å²) in [6.45, 7) is 2.43. The van der Waals surface area contributed by atoms with Crippen molar-refractivity contribution in [2.45, 2.75) is 57.5 Å². The van der Waals surface area contributed by atoms with Crippen LogP contribution in [0.25, 0.3) is 0 Å². The maximum atomic E-state index is 13.4. The highest BCUT2D eigenvalue weighted by atomic mass is 32.2. The quantitative estimate of drug-likeness (QED) is 0.738. The van der Waals surface area contributed by atoms with Gasteiger partial charge in [-0.2, -0.15) is 0 Å². The van der Waals surface area contributed by atoms with E-state index in [9.17, 15) is 23.2 Å². The highest BCUT2D eigenvalue weighted by Crippen LogP contribution is 2.27. The van der Waals surface area contributed by atoms with Crippen LogP contribution in [0.4, 0.5) is 14.5 Å². The first-order valence-corrected chi connectivity index (χ1v) is 11.5. The van der Waals surface area contributed by atoms with E-state index in [1.165, 1.54) is 16.7 Å². The summed E-state index contributed by atoms with van der Waals surface area (Å²) >= 11 is 1.53. The Balaban J connectivity index is 1.71. The van der Waals surface area contributed by atoms with Crippen LogP contribution >= 0.6 is 11.8 Å². The summed E-state index contributed by atoms with van der Waals surface area (Å²) in [6, 6.07) is 1.51. The molecule has 2 aliphatic rings. The minimum Gasteiger partial charge on any atom is -0.329 e. The Morgan fingerprint density at radius 3 is 2.53 bits per heavy atom. The fourth-order valence-electron chi connectivity index (χ4n) is 3.88. The fourth-order valence-corrected chi connectivity index (χ4v) is 5.05. The van der Waals surface area contributed by atoms with Gasteiger partial charge in [0.2, 0.25) is 17.7 Å². The van der Waals surface area contributed by atoms with E-state index in [-0.39, 0.29) is 17.5 Å². The number of amides is 3. The van der Waals surface area contributed by atoms with Crippen LogP contribution in [0.2, 0.25) is 0 Å². The van der Waals surface area contributed by atoms with E-state index in [2.05, 4.69) is 5.32 Å². The number of unbranched alkanes of at least 4 members (excludes halogenated alkanes) is 1. The van der Waals surface area contributed by atoms with Crippen LogP contribution in [0.15, 0.2) is 18.2 Å². The van der Waals surface area contributed by atoms with Gasteiger partial charge in [0.15, 0.2) is 0 Å². The van der Waals surface area contributed by atoms with Gasteiger partial charge >= 0.3 is 0 Å². The van der Waals surface area contributed by atoms with E-state index in [0.717, 1.165) is 43.9 Å². The molecule has 30 heavy (non-hydrogen) atoms. The van der Waals surface area contributed by atoms with E-state index in [1.54, 1.807) is 4.90 Å². The third-order valence-electron chi connectivity index (χ3n) is 5.45. The maximum Gasteiger partial charge on any atom is 0.247 e. The topological polar surface area (TPSA) is 69.7 Å². The van der Waals surface area contributed by atoms with Gasteiger partial charge in [-0.25, -0.2) is 8.78 Å². The summed E-state index contributed by atoms with van der Waals surface area (Å²) in [6.07, 6.45) is 4.11. The van der Waals surface area contributed by atoms with Crippen LogP contribution in [0.1, 0.15) is 45.4 Å². The van der Waals surface area contributed by atoms with Crippen LogP contribution < -0.4 is 5.32 Å². The Hall–Kier alpha value is -2.16. The molecule has 2 unspecified atom stereocenters. The number of hydrogen-bond donors (Lipinski definition) is 1. The zero-order valence-corrected chi connectivity index (χ0v) is 17.9. The Kier molecular flexibility index (Phi) is 7.69. The molecule has 0 bridgehead atoms. The predicted octanol–water partition coefficient (Wildman–Crippen LogP) is 3.38. The average molecular weight is 440 g/mol. The summed E-state index contributed by atoms with van der Waals surface area (Å²) in [5.74, 6) is -1.31. The van der Waals surface area contributed by atoms with Crippen molar-refractivity contribution < 1.29 is 23.2 Å². The van der Waals surface area contributed by atoms with Gasteiger partial charge in [0, 0.05) is 30.5 Å². The van der Waals surface area contributed by atoms with Crippen molar-refractivity contribution in [3.8, 4) is 0 Å². The molecule has 2 atom stereocenters. The second-order valence-electron chi connectivity index (χ2n) is 7.67. The third-order valence-corrected chi connectivity index (χ3v) is 6.46. The highest BCUT2D eigenvalue weighted by Gasteiger charge is 2.41. The van der Waals surface area contributed by atoms with Gasteiger partial charge in [0.1, 0.15) is 23.7 Å². The lowest BCUT2D eigenvalue weighted by molar-refractivity contribution is -0.148. The van der Waals surface area contributed by atoms with E-state index in [0.29, 0.717) is 31.0 Å². The number of halogens is 2. The predicted molar refractivity (Wildman–Crippen MR) is 112 cm³/mol. The number of rotatable bonds is 6. The first-order valence-electron chi connectivity index (χ1n) is 10.4. The molecule has 2 aliphatic heterocycles. The Morgan fingerprint density at radius 2 is 1.83 bits per heavy atom. The van der Waals surface area contributed by atoms with Crippen molar-refractivity contribution in [3.63, 3.8) is 0 Å². The second-order valence-corrected chi connectivity index (χ2v) is 8.67. The largest absolute Gasteiger partial charge is 0.329 e. The number of nitrogens with zero attached hydrogens (tertiary/aromatic N) is 2. The number of likely N-dealkylation sites (tertiary alicyclic amines) is 1. The Labute approximate surface area is 179 Å². The van der Waals surface area contributed by atoms with Crippen molar-refractivity contribution >= 4 is 35.2 Å². The number of piperidine rings is 1. The van der Waals surface area contributed by atoms with Gasteiger partial charge in [-0.05, 0) is 37.8 Å². The molecule has 2 fully saturated rings. The summed E-state index contributed by atoms with van der Waals surface area (Å²) in [5.41, 5.74) is 0.0169. The first-order chi connectivity index (χ1) is 14.4. The molecule has 0 spiro atoms. The van der Waals surface area contributed by atoms with Crippen molar-refractivity contribution in [3.05, 3.63) is 29.8 Å². The van der Waals surface area contributed by atoms with Gasteiger partial charge < -0.3 is 15.1 Å². The normalized spacial score (nSPS) is 21.6. The zero-order valence-electron chi connectivity index (χ0n) is 17.0. The number of carbonyl (C=O) groups is 3. The monoisotopic (exact) mass is 439 g/mol. The smallest absolute Gasteiger partial charge is 0.247 e. The fraction of sp³-hybridized carbons (Fsp3) is 0.571. The summed E-state index contributed by atoms with van der Waals surface area (Å²) in [4.78, 5) is 41.8. The minimum atomic E-state index is -0.786. The van der Waals surface area contributed by atoms with Gasteiger partial charge in [0.05, 0.1) is 5.88 Å². The van der Waals surface area contributed by atoms with Gasteiger partial charge in [-0.1, -0.05) is 13.3 Å². The SMILES string of the molecule is CCCCC(=O)N1CSCC1C(=O)N1CCCCC1C(=O)Nc1cc(F)cc(F)c1. The summed E-state index contributed by atoms with van der Waals surface area (Å²) in [7, 11) is 0. The third kappa shape index (κ3) is 5.30. The van der Waals surface area contributed by atoms with Crippen molar-refractivity contribution in [2.75, 3.05) is 23.5 Å². The molecule has 3 amide bonds. The van der Waals surface area contributed by atoms with Crippen molar-refractivity contribution in [1.82, 2.24) is 9.80 Å². The molecule has 0 saturated carbocycles. The average Bonchev–Trinajstić information content (AvgIpc) is 3.20. The molecule has 9 heteroatoms. The molecule has 2 saturated heterocycles. The molecule has 1 aromatic rings. The molecule has 1 aromatic carbocycles. The lowest BCUT2D eigenvalue weighted by Gasteiger charge is -2.37. The minimum absolute atomic E-state index is 0.0169. The Morgan fingerprint density at radius 1 is 1.10 bits per heavy atom. The van der Waals surface area contributed by atoms with Crippen LogP contribution in [0.3, 0.4) is 0 Å². The van der Waals surface area contributed by atoms with E-state index in [4.69, 9.17) is 0 Å². The number of anilines is 1. The molecule has 0 aromatic heterocycles. The van der Waals surface area contributed by atoms with Crippen LogP contribution in [-0.2, 0) is 14.4 Å². The summed E-state index contributed by atoms with van der Waals surface area (Å²) in [5, 5.41) is 2.53. The molecule has 0 radical (unpaired) electrons. The first kappa shape index (κ1) is 22.5.